The van der Waals surface area contributed by atoms with E-state index in [0.717, 1.165) is 34.3 Å². The molecule has 1 aliphatic heterocycles. The molecule has 2 aromatic heterocycles. The highest BCUT2D eigenvalue weighted by molar-refractivity contribution is 7.10. The minimum absolute atomic E-state index is 0.225. The van der Waals surface area contributed by atoms with E-state index >= 15 is 0 Å². The van der Waals surface area contributed by atoms with Crippen molar-refractivity contribution in [3.05, 3.63) is 46.2 Å². The highest BCUT2D eigenvalue weighted by Gasteiger charge is 2.48. The summed E-state index contributed by atoms with van der Waals surface area (Å²) in [5.41, 5.74) is 2.80. The van der Waals surface area contributed by atoms with E-state index in [0.29, 0.717) is 12.5 Å². The standard InChI is InChI=1S/C22H25N3O3S/c1-4-6-12-24-20(26)17(21(27)28-5-2)18(19-14(3)11-13-29-19)25-16-10-8-7-9-15(16)23-22(24)25/h7-11,13,17-18H,4-6,12H2,1-3H3/t17-,18+/m0/s1. The predicted octanol–water partition coefficient (Wildman–Crippen LogP) is 4.32. The molecule has 0 spiro atoms. The first-order chi connectivity index (χ1) is 14.1. The summed E-state index contributed by atoms with van der Waals surface area (Å²) in [6, 6.07) is 9.41. The Balaban J connectivity index is 1.98. The van der Waals surface area contributed by atoms with Gasteiger partial charge in [0.2, 0.25) is 11.9 Å². The Morgan fingerprint density at radius 3 is 2.72 bits per heavy atom. The van der Waals surface area contributed by atoms with Crippen LogP contribution in [-0.2, 0) is 14.3 Å². The number of fused-ring (bicyclic) bond motifs is 3. The highest BCUT2D eigenvalue weighted by atomic mass is 32.1. The van der Waals surface area contributed by atoms with Crippen LogP contribution in [0.1, 0.15) is 43.2 Å². The van der Waals surface area contributed by atoms with Gasteiger partial charge < -0.3 is 4.74 Å². The Morgan fingerprint density at radius 2 is 2.03 bits per heavy atom. The van der Waals surface area contributed by atoms with E-state index in [4.69, 9.17) is 9.72 Å². The van der Waals surface area contributed by atoms with Crippen molar-refractivity contribution < 1.29 is 14.3 Å². The van der Waals surface area contributed by atoms with Crippen molar-refractivity contribution in [3.63, 3.8) is 0 Å². The maximum atomic E-state index is 13.6. The monoisotopic (exact) mass is 411 g/mol. The number of unbranched alkanes of at least 4 members (excludes halogenated alkanes) is 1. The zero-order chi connectivity index (χ0) is 20.5. The largest absolute Gasteiger partial charge is 0.465 e. The molecule has 0 unspecified atom stereocenters. The molecular weight excluding hydrogens is 386 g/mol. The number of aryl methyl sites for hydroxylation is 1. The highest BCUT2D eigenvalue weighted by Crippen LogP contribution is 2.43. The van der Waals surface area contributed by atoms with E-state index < -0.39 is 17.9 Å². The molecule has 0 aliphatic carbocycles. The Hall–Kier alpha value is -2.67. The SMILES string of the molecule is CCCCN1C(=O)[C@@H](C(=O)OCC)[C@H](c2sccc2C)n2c1nc1ccccc12. The van der Waals surface area contributed by atoms with Crippen LogP contribution in [0.25, 0.3) is 11.0 Å². The molecule has 0 saturated heterocycles. The number of imidazole rings is 1. The van der Waals surface area contributed by atoms with Gasteiger partial charge in [-0.15, -0.1) is 11.3 Å². The van der Waals surface area contributed by atoms with Crippen molar-refractivity contribution in [1.82, 2.24) is 9.55 Å². The summed E-state index contributed by atoms with van der Waals surface area (Å²) in [6.07, 6.45) is 1.79. The van der Waals surface area contributed by atoms with E-state index in [1.165, 1.54) is 0 Å². The summed E-state index contributed by atoms with van der Waals surface area (Å²) >= 11 is 1.56. The maximum absolute atomic E-state index is 13.6. The number of rotatable bonds is 6. The third kappa shape index (κ3) is 3.23. The number of esters is 1. The lowest BCUT2D eigenvalue weighted by Crippen LogP contribution is -2.50. The molecule has 29 heavy (non-hydrogen) atoms. The number of carbonyl (C=O) groups excluding carboxylic acids is 2. The molecule has 6 nitrogen and oxygen atoms in total. The molecule has 0 saturated carbocycles. The summed E-state index contributed by atoms with van der Waals surface area (Å²) in [5.74, 6) is -1.00. The smallest absolute Gasteiger partial charge is 0.321 e. The summed E-state index contributed by atoms with van der Waals surface area (Å²) in [6.45, 7) is 6.64. The van der Waals surface area contributed by atoms with Crippen molar-refractivity contribution in [3.8, 4) is 0 Å². The zero-order valence-corrected chi connectivity index (χ0v) is 17.7. The number of aromatic nitrogens is 2. The van der Waals surface area contributed by atoms with Gasteiger partial charge in [-0.3, -0.25) is 19.1 Å². The van der Waals surface area contributed by atoms with Crippen LogP contribution in [0.15, 0.2) is 35.7 Å². The van der Waals surface area contributed by atoms with Crippen molar-refractivity contribution >= 4 is 40.2 Å². The van der Waals surface area contributed by atoms with Crippen LogP contribution in [0, 0.1) is 12.8 Å². The van der Waals surface area contributed by atoms with Gasteiger partial charge in [0.05, 0.1) is 23.7 Å². The minimum Gasteiger partial charge on any atom is -0.465 e. The van der Waals surface area contributed by atoms with Crippen LogP contribution in [-0.4, -0.2) is 34.6 Å². The first-order valence-electron chi connectivity index (χ1n) is 10.1. The van der Waals surface area contributed by atoms with Crippen molar-refractivity contribution in [2.45, 2.75) is 39.7 Å². The molecule has 1 aliphatic rings. The molecule has 3 heterocycles. The number of anilines is 1. The molecule has 0 radical (unpaired) electrons. The normalized spacial score (nSPS) is 18.9. The van der Waals surface area contributed by atoms with Crippen LogP contribution in [0.5, 0.6) is 0 Å². The first kappa shape index (κ1) is 19.6. The number of para-hydroxylation sites is 2. The number of hydrogen-bond donors (Lipinski definition) is 0. The number of ether oxygens (including phenoxy) is 1. The Bertz CT molecular complexity index is 1050. The van der Waals surface area contributed by atoms with Gasteiger partial charge in [-0.2, -0.15) is 0 Å². The quantitative estimate of drug-likeness (QED) is 0.448. The molecular formula is C22H25N3O3S. The van der Waals surface area contributed by atoms with Crippen LogP contribution in [0.4, 0.5) is 5.95 Å². The molecule has 0 bridgehead atoms. The Labute approximate surface area is 174 Å². The van der Waals surface area contributed by atoms with Gasteiger partial charge in [0.1, 0.15) is 0 Å². The summed E-state index contributed by atoms with van der Waals surface area (Å²) in [7, 11) is 0. The number of nitrogens with zero attached hydrogens (tertiary/aromatic N) is 3. The van der Waals surface area contributed by atoms with Gasteiger partial charge in [0, 0.05) is 11.4 Å². The maximum Gasteiger partial charge on any atom is 0.321 e. The number of carbonyl (C=O) groups is 2. The lowest BCUT2D eigenvalue weighted by Gasteiger charge is -2.37. The molecule has 0 fully saturated rings. The Morgan fingerprint density at radius 1 is 1.24 bits per heavy atom. The number of amides is 1. The summed E-state index contributed by atoms with van der Waals surface area (Å²) in [5, 5.41) is 2.00. The van der Waals surface area contributed by atoms with Gasteiger partial charge in [0.25, 0.3) is 0 Å². The number of thiophene rings is 1. The fourth-order valence-corrected chi connectivity index (χ4v) is 5.04. The third-order valence-electron chi connectivity index (χ3n) is 5.39. The lowest BCUT2D eigenvalue weighted by atomic mass is 9.92. The van der Waals surface area contributed by atoms with Gasteiger partial charge in [0.15, 0.2) is 5.92 Å². The minimum atomic E-state index is -0.922. The molecule has 4 rings (SSSR count). The average Bonchev–Trinajstić information content (AvgIpc) is 3.30. The molecule has 7 heteroatoms. The van der Waals surface area contributed by atoms with Crippen molar-refractivity contribution in [1.29, 1.82) is 0 Å². The molecule has 1 amide bonds. The zero-order valence-electron chi connectivity index (χ0n) is 16.9. The number of hydrogen-bond acceptors (Lipinski definition) is 5. The Kier molecular flexibility index (Phi) is 5.41. The lowest BCUT2D eigenvalue weighted by molar-refractivity contribution is -0.153. The van der Waals surface area contributed by atoms with Crippen molar-refractivity contribution in [2.75, 3.05) is 18.1 Å². The van der Waals surface area contributed by atoms with Gasteiger partial charge in [-0.25, -0.2) is 4.98 Å². The fraction of sp³-hybridized carbons (Fsp3) is 0.409. The van der Waals surface area contributed by atoms with E-state index in [9.17, 15) is 9.59 Å². The second-order valence-electron chi connectivity index (χ2n) is 7.26. The van der Waals surface area contributed by atoms with Crippen molar-refractivity contribution in [2.24, 2.45) is 5.92 Å². The van der Waals surface area contributed by atoms with Crippen LogP contribution < -0.4 is 4.90 Å². The van der Waals surface area contributed by atoms with Crippen LogP contribution >= 0.6 is 11.3 Å². The van der Waals surface area contributed by atoms with Gasteiger partial charge in [-0.1, -0.05) is 25.5 Å². The average molecular weight is 412 g/mol. The first-order valence-corrected chi connectivity index (χ1v) is 10.9. The van der Waals surface area contributed by atoms with E-state index in [1.807, 2.05) is 42.6 Å². The summed E-state index contributed by atoms with van der Waals surface area (Å²) < 4.78 is 7.42. The summed E-state index contributed by atoms with van der Waals surface area (Å²) in [4.78, 5) is 34.0. The molecule has 2 atom stereocenters. The second-order valence-corrected chi connectivity index (χ2v) is 8.20. The number of benzene rings is 1. The predicted molar refractivity (Wildman–Crippen MR) is 114 cm³/mol. The van der Waals surface area contributed by atoms with E-state index in [1.54, 1.807) is 23.2 Å². The molecule has 152 valence electrons. The fourth-order valence-electron chi connectivity index (χ4n) is 3.99. The molecule has 0 N–H and O–H groups in total. The third-order valence-corrected chi connectivity index (χ3v) is 6.48. The van der Waals surface area contributed by atoms with Gasteiger partial charge >= 0.3 is 5.97 Å². The van der Waals surface area contributed by atoms with Crippen LogP contribution in [0.2, 0.25) is 0 Å². The van der Waals surface area contributed by atoms with Gasteiger partial charge in [-0.05, 0) is 49.4 Å². The molecule has 1 aromatic carbocycles. The van der Waals surface area contributed by atoms with E-state index in [2.05, 4.69) is 11.5 Å². The second kappa shape index (κ2) is 7.99. The topological polar surface area (TPSA) is 64.4 Å². The van der Waals surface area contributed by atoms with E-state index in [-0.39, 0.29) is 12.5 Å². The van der Waals surface area contributed by atoms with Crippen LogP contribution in [0.3, 0.4) is 0 Å². The molecule has 3 aromatic rings.